The van der Waals surface area contributed by atoms with Crippen LogP contribution in [-0.4, -0.2) is 40.8 Å². The quantitative estimate of drug-likeness (QED) is 0.869. The molecule has 0 radical (unpaired) electrons. The van der Waals surface area contributed by atoms with Gasteiger partial charge >= 0.3 is 0 Å². The summed E-state index contributed by atoms with van der Waals surface area (Å²) in [5.74, 6) is 0.0225. The molecule has 1 aliphatic heterocycles. The van der Waals surface area contributed by atoms with E-state index in [4.69, 9.17) is 16.3 Å². The molecular weight excluding hydrogens is 323 g/mol. The molecule has 1 aliphatic rings. The maximum Gasteiger partial charge on any atom is 0.272 e. The van der Waals surface area contributed by atoms with Crippen LogP contribution < -0.4 is 10.5 Å². The van der Waals surface area contributed by atoms with Crippen LogP contribution >= 0.6 is 11.6 Å². The molecular formula is C15H16ClFN4O2. The Morgan fingerprint density at radius 3 is 3.13 bits per heavy atom. The van der Waals surface area contributed by atoms with E-state index in [1.165, 1.54) is 12.3 Å². The van der Waals surface area contributed by atoms with Gasteiger partial charge in [0.05, 0.1) is 19.3 Å². The van der Waals surface area contributed by atoms with Gasteiger partial charge in [0, 0.05) is 24.4 Å². The molecule has 1 fully saturated rings. The van der Waals surface area contributed by atoms with Crippen LogP contribution in [0.25, 0.3) is 11.4 Å². The lowest BCUT2D eigenvalue weighted by molar-refractivity contribution is 0.0925. The van der Waals surface area contributed by atoms with E-state index in [2.05, 4.69) is 15.0 Å². The molecule has 3 heterocycles. The molecule has 0 aliphatic carbocycles. The first-order valence-corrected chi connectivity index (χ1v) is 7.74. The maximum absolute atomic E-state index is 13.3. The van der Waals surface area contributed by atoms with Crippen molar-refractivity contribution in [3.8, 4) is 11.4 Å². The van der Waals surface area contributed by atoms with Gasteiger partial charge in [-0.1, -0.05) is 18.5 Å². The topological polar surface area (TPSA) is 71.1 Å². The molecule has 8 heteroatoms. The summed E-state index contributed by atoms with van der Waals surface area (Å²) in [5, 5.41) is 0.0311. The zero-order valence-electron chi connectivity index (χ0n) is 12.6. The van der Waals surface area contributed by atoms with Crippen molar-refractivity contribution in [2.45, 2.75) is 19.4 Å². The normalized spacial score (nSPS) is 18.2. The fourth-order valence-corrected chi connectivity index (χ4v) is 2.79. The van der Waals surface area contributed by atoms with Crippen LogP contribution in [0.4, 0.5) is 10.2 Å². The Balaban J connectivity index is 2.08. The van der Waals surface area contributed by atoms with Gasteiger partial charge in [0.15, 0.2) is 5.82 Å². The smallest absolute Gasteiger partial charge is 0.272 e. The first-order chi connectivity index (χ1) is 11.1. The molecule has 0 spiro atoms. The van der Waals surface area contributed by atoms with Crippen molar-refractivity contribution in [2.24, 2.45) is 0 Å². The Bertz CT molecular complexity index is 767. The summed E-state index contributed by atoms with van der Waals surface area (Å²) in [6.07, 6.45) is 2.16. The monoisotopic (exact) mass is 338 g/mol. The minimum atomic E-state index is -0.639. The predicted octanol–water partition coefficient (Wildman–Crippen LogP) is 2.24. The third-order valence-corrected chi connectivity index (χ3v) is 4.16. The highest BCUT2D eigenvalue weighted by Gasteiger charge is 2.26. The fraction of sp³-hybridized carbons (Fsp3) is 0.400. The van der Waals surface area contributed by atoms with E-state index < -0.39 is 11.5 Å². The Hall–Kier alpha value is -1.99. The van der Waals surface area contributed by atoms with E-state index >= 15 is 0 Å². The second kappa shape index (κ2) is 6.64. The molecule has 6 nitrogen and oxygen atoms in total. The summed E-state index contributed by atoms with van der Waals surface area (Å²) in [5.41, 5.74) is -0.0148. The van der Waals surface area contributed by atoms with Crippen molar-refractivity contribution >= 4 is 17.4 Å². The lowest BCUT2D eigenvalue weighted by Gasteiger charge is -2.36. The Kier molecular flexibility index (Phi) is 4.58. The summed E-state index contributed by atoms with van der Waals surface area (Å²) in [6.45, 7) is 3.73. The van der Waals surface area contributed by atoms with Gasteiger partial charge in [0.25, 0.3) is 5.56 Å². The highest BCUT2D eigenvalue weighted by atomic mass is 35.5. The van der Waals surface area contributed by atoms with Crippen LogP contribution in [0.2, 0.25) is 5.02 Å². The zero-order chi connectivity index (χ0) is 16.4. The van der Waals surface area contributed by atoms with Crippen molar-refractivity contribution in [3.63, 3.8) is 0 Å². The van der Waals surface area contributed by atoms with Crippen molar-refractivity contribution in [1.82, 2.24) is 15.0 Å². The molecule has 1 N–H and O–H groups in total. The number of H-pyrrole nitrogens is 1. The maximum atomic E-state index is 13.3. The van der Waals surface area contributed by atoms with Crippen LogP contribution in [-0.2, 0) is 4.74 Å². The van der Waals surface area contributed by atoms with E-state index in [0.29, 0.717) is 31.1 Å². The van der Waals surface area contributed by atoms with Crippen LogP contribution in [0.15, 0.2) is 23.1 Å². The second-order valence-corrected chi connectivity index (χ2v) is 5.63. The molecule has 1 saturated heterocycles. The van der Waals surface area contributed by atoms with Crippen molar-refractivity contribution in [3.05, 3.63) is 39.7 Å². The Morgan fingerprint density at radius 1 is 1.57 bits per heavy atom. The molecule has 0 aromatic carbocycles. The van der Waals surface area contributed by atoms with Crippen LogP contribution in [0.1, 0.15) is 13.3 Å². The average molecular weight is 339 g/mol. The van der Waals surface area contributed by atoms with Gasteiger partial charge in [-0.15, -0.1) is 0 Å². The molecule has 122 valence electrons. The summed E-state index contributed by atoms with van der Waals surface area (Å²) in [4.78, 5) is 24.7. The minimum absolute atomic E-state index is 0.0311. The van der Waals surface area contributed by atoms with Gasteiger partial charge in [-0.25, -0.2) is 9.97 Å². The number of pyridine rings is 1. The molecule has 0 bridgehead atoms. The molecule has 3 rings (SSSR count). The van der Waals surface area contributed by atoms with Crippen LogP contribution in [0.3, 0.4) is 0 Å². The van der Waals surface area contributed by atoms with E-state index in [9.17, 15) is 9.18 Å². The van der Waals surface area contributed by atoms with Crippen LogP contribution in [0.5, 0.6) is 0 Å². The number of hydrogen-bond donors (Lipinski definition) is 1. The highest BCUT2D eigenvalue weighted by Crippen LogP contribution is 2.27. The largest absolute Gasteiger partial charge is 0.377 e. The van der Waals surface area contributed by atoms with E-state index in [-0.39, 0.29) is 16.9 Å². The van der Waals surface area contributed by atoms with Crippen LogP contribution in [0, 0.1) is 5.95 Å². The number of rotatable bonds is 3. The summed E-state index contributed by atoms with van der Waals surface area (Å²) < 4.78 is 18.8. The third kappa shape index (κ3) is 3.20. The second-order valence-electron chi connectivity index (χ2n) is 5.25. The molecule has 2 aromatic rings. The number of halogens is 2. The van der Waals surface area contributed by atoms with Gasteiger partial charge in [-0.3, -0.25) is 4.79 Å². The van der Waals surface area contributed by atoms with E-state index in [1.807, 2.05) is 11.8 Å². The lowest BCUT2D eigenvalue weighted by atomic mass is 10.1. The van der Waals surface area contributed by atoms with Gasteiger partial charge in [0.2, 0.25) is 5.95 Å². The standard InChI is InChI=1S/C15H16ClFN4O2/c1-2-10-8-23-6-5-21(10)14-12(16)15(22)20-13(19-14)9-3-4-18-11(17)7-9/h3-4,7,10H,2,5-6,8H2,1H3,(H,19,20,22)/t10-/m1/s1. The third-order valence-electron chi connectivity index (χ3n) is 3.82. The number of nitrogens with one attached hydrogen (secondary N) is 1. The lowest BCUT2D eigenvalue weighted by Crippen LogP contribution is -2.46. The SMILES string of the molecule is CC[C@@H]1COCCN1c1nc(-c2ccnc(F)c2)[nH]c(=O)c1Cl. The first-order valence-electron chi connectivity index (χ1n) is 7.36. The number of aromatic amines is 1. The van der Waals surface area contributed by atoms with Gasteiger partial charge in [-0.05, 0) is 12.5 Å². The van der Waals surface area contributed by atoms with Crippen molar-refractivity contribution < 1.29 is 9.13 Å². The average Bonchev–Trinajstić information content (AvgIpc) is 2.57. The minimum Gasteiger partial charge on any atom is -0.377 e. The van der Waals surface area contributed by atoms with Gasteiger partial charge < -0.3 is 14.6 Å². The molecule has 0 amide bonds. The number of hydrogen-bond acceptors (Lipinski definition) is 5. The van der Waals surface area contributed by atoms with Gasteiger partial charge in [0.1, 0.15) is 10.8 Å². The Labute approximate surface area is 137 Å². The molecule has 23 heavy (non-hydrogen) atoms. The summed E-state index contributed by atoms with van der Waals surface area (Å²) >= 11 is 6.16. The predicted molar refractivity (Wildman–Crippen MR) is 85.3 cm³/mol. The van der Waals surface area contributed by atoms with Gasteiger partial charge in [-0.2, -0.15) is 4.39 Å². The Morgan fingerprint density at radius 2 is 2.39 bits per heavy atom. The highest BCUT2D eigenvalue weighted by molar-refractivity contribution is 6.32. The molecule has 0 unspecified atom stereocenters. The number of morpholine rings is 1. The zero-order valence-corrected chi connectivity index (χ0v) is 13.3. The van der Waals surface area contributed by atoms with Crippen molar-refractivity contribution in [1.29, 1.82) is 0 Å². The fourth-order valence-electron chi connectivity index (χ4n) is 2.60. The van der Waals surface area contributed by atoms with E-state index in [0.717, 1.165) is 6.42 Å². The molecule has 1 atom stereocenters. The first kappa shape index (κ1) is 15.9. The molecule has 2 aromatic heterocycles. The number of nitrogens with zero attached hydrogens (tertiary/aromatic N) is 3. The number of aromatic nitrogens is 3. The van der Waals surface area contributed by atoms with Crippen molar-refractivity contribution in [2.75, 3.05) is 24.7 Å². The number of anilines is 1. The number of ether oxygens (including phenoxy) is 1. The summed E-state index contributed by atoms with van der Waals surface area (Å²) in [7, 11) is 0. The van der Waals surface area contributed by atoms with E-state index in [1.54, 1.807) is 6.07 Å². The molecule has 0 saturated carbocycles. The summed E-state index contributed by atoms with van der Waals surface area (Å²) in [6, 6.07) is 2.89.